The van der Waals surface area contributed by atoms with Gasteiger partial charge in [-0.3, -0.25) is 4.99 Å². The number of nitrogens with one attached hydrogen (secondary N) is 3. The number of thiazole rings is 1. The lowest BCUT2D eigenvalue weighted by atomic mass is 10.2. The monoisotopic (exact) mass is 497 g/mol. The van der Waals surface area contributed by atoms with Crippen LogP contribution in [-0.2, 0) is 11.2 Å². The molecule has 9 heteroatoms. The molecule has 0 radical (unpaired) electrons. The van der Waals surface area contributed by atoms with Crippen LogP contribution in [0.2, 0.25) is 0 Å². The molecule has 3 N–H and O–H groups in total. The molecule has 1 heterocycles. The van der Waals surface area contributed by atoms with Crippen LogP contribution < -0.4 is 16.0 Å². The SMILES string of the molecule is CCNC(=NCCc1nc(C)c(C)s1)NCCNC(=O)OC(C)(C)C.I. The molecule has 0 saturated carbocycles. The Hall–Kier alpha value is -1.10. The van der Waals surface area contributed by atoms with E-state index in [-0.39, 0.29) is 24.0 Å². The molecule has 26 heavy (non-hydrogen) atoms. The summed E-state index contributed by atoms with van der Waals surface area (Å²) in [5.41, 5.74) is 0.614. The van der Waals surface area contributed by atoms with E-state index < -0.39 is 11.7 Å². The minimum absolute atomic E-state index is 0. The van der Waals surface area contributed by atoms with Crippen molar-refractivity contribution in [3.8, 4) is 0 Å². The van der Waals surface area contributed by atoms with E-state index in [9.17, 15) is 4.79 Å². The van der Waals surface area contributed by atoms with Gasteiger partial charge in [0.2, 0.25) is 0 Å². The number of hydrogen-bond donors (Lipinski definition) is 3. The maximum atomic E-state index is 11.6. The van der Waals surface area contributed by atoms with Gasteiger partial charge in [-0.1, -0.05) is 0 Å². The predicted octanol–water partition coefficient (Wildman–Crippen LogP) is 3.00. The molecule has 0 aliphatic rings. The number of aryl methyl sites for hydroxylation is 2. The summed E-state index contributed by atoms with van der Waals surface area (Å²) in [4.78, 5) is 21.9. The van der Waals surface area contributed by atoms with Gasteiger partial charge in [0.15, 0.2) is 5.96 Å². The fraction of sp³-hybridized carbons (Fsp3) is 0.706. The van der Waals surface area contributed by atoms with Gasteiger partial charge in [-0.25, -0.2) is 9.78 Å². The molecule has 0 aliphatic carbocycles. The number of ether oxygens (including phenoxy) is 1. The second-order valence-electron chi connectivity index (χ2n) is 6.62. The lowest BCUT2D eigenvalue weighted by molar-refractivity contribution is 0.0529. The zero-order valence-corrected chi connectivity index (χ0v) is 19.7. The number of alkyl carbamates (subject to hydrolysis) is 1. The highest BCUT2D eigenvalue weighted by atomic mass is 127. The maximum absolute atomic E-state index is 11.6. The van der Waals surface area contributed by atoms with E-state index in [1.54, 1.807) is 11.3 Å². The van der Waals surface area contributed by atoms with Crippen LogP contribution in [0.1, 0.15) is 43.3 Å². The van der Waals surface area contributed by atoms with Gasteiger partial charge in [0.05, 0.1) is 10.7 Å². The Labute approximate surface area is 177 Å². The van der Waals surface area contributed by atoms with Crippen LogP contribution in [-0.4, -0.2) is 48.8 Å². The maximum Gasteiger partial charge on any atom is 0.407 e. The van der Waals surface area contributed by atoms with E-state index in [0.717, 1.165) is 29.6 Å². The van der Waals surface area contributed by atoms with Gasteiger partial charge in [-0.15, -0.1) is 35.3 Å². The van der Waals surface area contributed by atoms with Crippen LogP contribution in [0.3, 0.4) is 0 Å². The Bertz CT molecular complexity index is 565. The molecule has 0 saturated heterocycles. The topological polar surface area (TPSA) is 87.6 Å². The van der Waals surface area contributed by atoms with E-state index in [1.807, 2.05) is 34.6 Å². The average Bonchev–Trinajstić information content (AvgIpc) is 2.80. The van der Waals surface area contributed by atoms with Crippen molar-refractivity contribution in [2.24, 2.45) is 4.99 Å². The van der Waals surface area contributed by atoms with Gasteiger partial charge in [0, 0.05) is 37.5 Å². The van der Waals surface area contributed by atoms with E-state index >= 15 is 0 Å². The van der Waals surface area contributed by atoms with Crippen molar-refractivity contribution in [3.05, 3.63) is 15.6 Å². The first-order valence-corrected chi connectivity index (χ1v) is 9.45. The smallest absolute Gasteiger partial charge is 0.407 e. The van der Waals surface area contributed by atoms with Crippen molar-refractivity contribution in [1.82, 2.24) is 20.9 Å². The molecule has 7 nitrogen and oxygen atoms in total. The van der Waals surface area contributed by atoms with Gasteiger partial charge in [0.1, 0.15) is 5.60 Å². The molecule has 0 bridgehead atoms. The number of hydrogen-bond acceptors (Lipinski definition) is 5. The van der Waals surface area contributed by atoms with Crippen LogP contribution >= 0.6 is 35.3 Å². The molecule has 0 aliphatic heterocycles. The Morgan fingerprint density at radius 3 is 2.38 bits per heavy atom. The molecule has 0 spiro atoms. The number of aliphatic imine (C=N–C) groups is 1. The summed E-state index contributed by atoms with van der Waals surface area (Å²) >= 11 is 1.73. The normalized spacial score (nSPS) is 11.5. The van der Waals surface area contributed by atoms with Crippen molar-refractivity contribution in [2.75, 3.05) is 26.2 Å². The van der Waals surface area contributed by atoms with Gasteiger partial charge < -0.3 is 20.7 Å². The minimum Gasteiger partial charge on any atom is -0.444 e. The highest BCUT2D eigenvalue weighted by molar-refractivity contribution is 14.0. The number of halogens is 1. The van der Waals surface area contributed by atoms with Crippen molar-refractivity contribution in [1.29, 1.82) is 0 Å². The molecule has 1 aromatic rings. The summed E-state index contributed by atoms with van der Waals surface area (Å²) in [5, 5.41) is 10.2. The van der Waals surface area contributed by atoms with Gasteiger partial charge >= 0.3 is 6.09 Å². The summed E-state index contributed by atoms with van der Waals surface area (Å²) in [6, 6.07) is 0. The van der Waals surface area contributed by atoms with Crippen molar-refractivity contribution < 1.29 is 9.53 Å². The number of rotatable bonds is 7. The lowest BCUT2D eigenvalue weighted by Crippen LogP contribution is -2.42. The van der Waals surface area contributed by atoms with Crippen LogP contribution in [0, 0.1) is 13.8 Å². The van der Waals surface area contributed by atoms with Gasteiger partial charge in [0.25, 0.3) is 0 Å². The van der Waals surface area contributed by atoms with Crippen LogP contribution in [0.25, 0.3) is 0 Å². The van der Waals surface area contributed by atoms with E-state index in [0.29, 0.717) is 19.6 Å². The summed E-state index contributed by atoms with van der Waals surface area (Å²) < 4.78 is 5.19. The predicted molar refractivity (Wildman–Crippen MR) is 119 cm³/mol. The Morgan fingerprint density at radius 1 is 1.19 bits per heavy atom. The highest BCUT2D eigenvalue weighted by Crippen LogP contribution is 2.16. The molecule has 0 atom stereocenters. The number of nitrogens with zero attached hydrogens (tertiary/aromatic N) is 2. The molecule has 150 valence electrons. The largest absolute Gasteiger partial charge is 0.444 e. The summed E-state index contributed by atoms with van der Waals surface area (Å²) in [7, 11) is 0. The fourth-order valence-corrected chi connectivity index (χ4v) is 2.83. The second kappa shape index (κ2) is 12.3. The molecule has 1 aromatic heterocycles. The standard InChI is InChI=1S/C17H31N5O2S.HI/c1-7-18-15(19-9-8-14-22-12(2)13(3)25-14)20-10-11-21-16(23)24-17(4,5)6;/h7-11H2,1-6H3,(H,21,23)(H2,18,19,20);1H. The van der Waals surface area contributed by atoms with Gasteiger partial charge in [-0.2, -0.15) is 0 Å². The number of carbonyl (C=O) groups excluding carboxylic acids is 1. The third-order valence-electron chi connectivity index (χ3n) is 3.10. The van der Waals surface area contributed by atoms with Crippen LogP contribution in [0.5, 0.6) is 0 Å². The number of guanidine groups is 1. The third kappa shape index (κ3) is 10.8. The molecule has 0 aromatic carbocycles. The molecule has 1 amide bonds. The van der Waals surface area contributed by atoms with Crippen molar-refractivity contribution in [3.63, 3.8) is 0 Å². The highest BCUT2D eigenvalue weighted by Gasteiger charge is 2.15. The van der Waals surface area contributed by atoms with E-state index in [1.165, 1.54) is 4.88 Å². The molecule has 0 unspecified atom stereocenters. The van der Waals surface area contributed by atoms with Crippen molar-refractivity contribution in [2.45, 2.75) is 53.6 Å². The summed E-state index contributed by atoms with van der Waals surface area (Å²) in [6.07, 6.45) is 0.414. The Balaban J connectivity index is 0.00000625. The zero-order chi connectivity index (χ0) is 18.9. The fourth-order valence-electron chi connectivity index (χ4n) is 1.91. The third-order valence-corrected chi connectivity index (χ3v) is 4.23. The Morgan fingerprint density at radius 2 is 1.85 bits per heavy atom. The van der Waals surface area contributed by atoms with Crippen LogP contribution in [0.4, 0.5) is 4.79 Å². The van der Waals surface area contributed by atoms with Crippen molar-refractivity contribution >= 4 is 47.4 Å². The van der Waals surface area contributed by atoms with Gasteiger partial charge in [-0.05, 0) is 41.5 Å². The zero-order valence-electron chi connectivity index (χ0n) is 16.6. The first kappa shape index (κ1) is 24.9. The minimum atomic E-state index is -0.486. The molecule has 1 rings (SSSR count). The first-order valence-electron chi connectivity index (χ1n) is 8.63. The summed E-state index contributed by atoms with van der Waals surface area (Å²) in [5.74, 6) is 0.735. The van der Waals surface area contributed by atoms with E-state index in [4.69, 9.17) is 4.74 Å². The number of carbonyl (C=O) groups is 1. The molecular weight excluding hydrogens is 465 g/mol. The first-order chi connectivity index (χ1) is 11.7. The van der Waals surface area contributed by atoms with E-state index in [2.05, 4.69) is 32.9 Å². The number of amides is 1. The van der Waals surface area contributed by atoms with Crippen LogP contribution in [0.15, 0.2) is 4.99 Å². The second-order valence-corrected chi connectivity index (χ2v) is 7.90. The summed E-state index contributed by atoms with van der Waals surface area (Å²) in [6.45, 7) is 14.1. The number of aromatic nitrogens is 1. The molecule has 0 fully saturated rings. The molecular formula is C17H32IN5O2S. The lowest BCUT2D eigenvalue weighted by Gasteiger charge is -2.19. The average molecular weight is 497 g/mol. The Kier molecular flexibility index (Phi) is 11.8. The quantitative estimate of drug-likeness (QED) is 0.233.